The van der Waals surface area contributed by atoms with Crippen LogP contribution in [-0.2, 0) is 27.3 Å². The highest BCUT2D eigenvalue weighted by Crippen LogP contribution is 2.26. The monoisotopic (exact) mass is 372 g/mol. The molecule has 0 bridgehead atoms. The predicted molar refractivity (Wildman–Crippen MR) is 94.1 cm³/mol. The summed E-state index contributed by atoms with van der Waals surface area (Å²) in [5, 5.41) is 6.13. The zero-order valence-electron chi connectivity index (χ0n) is 15.0. The summed E-state index contributed by atoms with van der Waals surface area (Å²) in [6.45, 7) is 5.33. The van der Waals surface area contributed by atoms with Crippen molar-refractivity contribution >= 4 is 23.5 Å². The molecule has 0 saturated carbocycles. The van der Waals surface area contributed by atoms with E-state index in [1.165, 1.54) is 11.2 Å². The van der Waals surface area contributed by atoms with Crippen molar-refractivity contribution in [2.24, 2.45) is 0 Å². The molecule has 27 heavy (non-hydrogen) atoms. The molecule has 2 aliphatic rings. The van der Waals surface area contributed by atoms with Gasteiger partial charge in [0.1, 0.15) is 17.9 Å². The zero-order chi connectivity index (χ0) is 18.8. The number of fused-ring (bicyclic) bond motifs is 1. The van der Waals surface area contributed by atoms with E-state index in [0.717, 1.165) is 30.2 Å². The number of nitrogens with zero attached hydrogens (tertiary/aromatic N) is 5. The Bertz CT molecular complexity index is 861. The molecule has 1 saturated heterocycles. The number of carbonyl (C=O) groups excluding carboxylic acids is 2. The van der Waals surface area contributed by atoms with Gasteiger partial charge < -0.3 is 19.1 Å². The van der Waals surface area contributed by atoms with Gasteiger partial charge in [0, 0.05) is 31.3 Å². The summed E-state index contributed by atoms with van der Waals surface area (Å²) in [6.07, 6.45) is 2.11. The number of carbonyl (C=O) groups is 2. The lowest BCUT2D eigenvalue weighted by Crippen LogP contribution is -2.44. The van der Waals surface area contributed by atoms with Crippen molar-refractivity contribution < 1.29 is 18.8 Å². The Morgan fingerprint density at radius 2 is 2.00 bits per heavy atom. The number of aryl methyl sites for hydroxylation is 1. The Hall–Kier alpha value is -3.01. The topological polar surface area (TPSA) is 114 Å². The van der Waals surface area contributed by atoms with Crippen LogP contribution in [0.5, 0.6) is 0 Å². The third-order valence-electron chi connectivity index (χ3n) is 4.65. The molecular weight excluding hydrogens is 352 g/mol. The molecule has 0 spiro atoms. The van der Waals surface area contributed by atoms with E-state index >= 15 is 0 Å². The number of ether oxygens (including phenoxy) is 1. The average molecular weight is 372 g/mol. The van der Waals surface area contributed by atoms with E-state index in [1.54, 1.807) is 13.0 Å². The quantitative estimate of drug-likeness (QED) is 0.740. The van der Waals surface area contributed by atoms with Crippen LogP contribution in [0, 0.1) is 6.92 Å². The van der Waals surface area contributed by atoms with Gasteiger partial charge >= 0.3 is 11.8 Å². The van der Waals surface area contributed by atoms with E-state index in [-0.39, 0.29) is 12.4 Å². The minimum Gasteiger partial charge on any atom is -0.378 e. The molecule has 10 heteroatoms. The number of aromatic nitrogens is 3. The van der Waals surface area contributed by atoms with Gasteiger partial charge in [0.25, 0.3) is 0 Å². The number of rotatable bonds is 2. The maximum Gasteiger partial charge on any atom is 0.315 e. The van der Waals surface area contributed by atoms with Gasteiger partial charge in [-0.25, -0.2) is 9.97 Å². The molecular formula is C17H20N6O4. The Balaban J connectivity index is 1.46. The number of anilines is 2. The third-order valence-corrected chi connectivity index (χ3v) is 4.65. The van der Waals surface area contributed by atoms with Crippen molar-refractivity contribution in [1.82, 2.24) is 20.0 Å². The van der Waals surface area contributed by atoms with Crippen LogP contribution in [0.15, 0.2) is 16.9 Å². The van der Waals surface area contributed by atoms with Crippen LogP contribution in [-0.4, -0.2) is 64.7 Å². The van der Waals surface area contributed by atoms with Crippen LogP contribution in [0.3, 0.4) is 0 Å². The normalized spacial score (nSPS) is 16.8. The number of amides is 2. The van der Waals surface area contributed by atoms with Crippen LogP contribution in [0.2, 0.25) is 0 Å². The fraction of sp³-hybridized carbons (Fsp3) is 0.471. The van der Waals surface area contributed by atoms with Gasteiger partial charge in [-0.3, -0.25) is 14.9 Å². The summed E-state index contributed by atoms with van der Waals surface area (Å²) in [5.74, 6) is 0.317. The second kappa shape index (κ2) is 7.31. The lowest BCUT2D eigenvalue weighted by Gasteiger charge is -2.33. The molecule has 2 aliphatic heterocycles. The molecule has 0 radical (unpaired) electrons. The van der Waals surface area contributed by atoms with Crippen molar-refractivity contribution in [3.8, 4) is 0 Å². The van der Waals surface area contributed by atoms with Crippen LogP contribution < -0.4 is 10.2 Å². The molecule has 0 aromatic carbocycles. The van der Waals surface area contributed by atoms with E-state index in [4.69, 9.17) is 9.26 Å². The van der Waals surface area contributed by atoms with Crippen molar-refractivity contribution in [1.29, 1.82) is 0 Å². The first-order chi connectivity index (χ1) is 13.1. The first-order valence-electron chi connectivity index (χ1n) is 8.81. The van der Waals surface area contributed by atoms with Gasteiger partial charge in [-0.2, -0.15) is 0 Å². The molecule has 142 valence electrons. The highest BCUT2D eigenvalue weighted by Gasteiger charge is 2.30. The Kier molecular flexibility index (Phi) is 4.71. The molecule has 0 aliphatic carbocycles. The predicted octanol–water partition coefficient (Wildman–Crippen LogP) is 0.133. The van der Waals surface area contributed by atoms with Crippen molar-refractivity contribution in [3.63, 3.8) is 0 Å². The largest absolute Gasteiger partial charge is 0.378 e. The van der Waals surface area contributed by atoms with Crippen molar-refractivity contribution in [2.45, 2.75) is 19.9 Å². The second-order valence-electron chi connectivity index (χ2n) is 6.48. The maximum atomic E-state index is 12.5. The summed E-state index contributed by atoms with van der Waals surface area (Å²) in [7, 11) is 0. The van der Waals surface area contributed by atoms with E-state index in [9.17, 15) is 9.59 Å². The molecule has 0 unspecified atom stereocenters. The number of hydrogen-bond donors (Lipinski definition) is 1. The van der Waals surface area contributed by atoms with Crippen LogP contribution in [0.25, 0.3) is 0 Å². The molecule has 2 aromatic heterocycles. The van der Waals surface area contributed by atoms with Gasteiger partial charge in [-0.1, -0.05) is 5.16 Å². The van der Waals surface area contributed by atoms with Gasteiger partial charge in [-0.15, -0.1) is 0 Å². The van der Waals surface area contributed by atoms with Crippen LogP contribution >= 0.6 is 0 Å². The van der Waals surface area contributed by atoms with Crippen molar-refractivity contribution in [3.05, 3.63) is 29.4 Å². The number of hydrogen-bond acceptors (Lipinski definition) is 8. The number of morpholine rings is 1. The van der Waals surface area contributed by atoms with Gasteiger partial charge in [0.15, 0.2) is 5.82 Å². The van der Waals surface area contributed by atoms with Gasteiger partial charge in [0.2, 0.25) is 0 Å². The highest BCUT2D eigenvalue weighted by molar-refractivity contribution is 6.39. The van der Waals surface area contributed by atoms with Crippen molar-refractivity contribution in [2.75, 3.05) is 43.1 Å². The van der Waals surface area contributed by atoms with Gasteiger partial charge in [0.05, 0.1) is 25.5 Å². The Morgan fingerprint density at radius 1 is 1.19 bits per heavy atom. The molecule has 2 amide bonds. The standard InChI is InChI=1S/C17H20N6O4/c1-11-8-14(21-27-11)20-16(24)17(25)23-3-2-12-13(9-23)18-10-19-15(12)22-4-6-26-7-5-22/h8,10H,2-7,9H2,1H3,(H,20,21,24). The summed E-state index contributed by atoms with van der Waals surface area (Å²) < 4.78 is 10.3. The van der Waals surface area contributed by atoms with Crippen LogP contribution in [0.4, 0.5) is 11.6 Å². The molecule has 10 nitrogen and oxygen atoms in total. The van der Waals surface area contributed by atoms with E-state index in [0.29, 0.717) is 31.9 Å². The lowest BCUT2D eigenvalue weighted by molar-refractivity contribution is -0.143. The highest BCUT2D eigenvalue weighted by atomic mass is 16.5. The molecule has 2 aromatic rings. The lowest BCUT2D eigenvalue weighted by atomic mass is 10.0. The zero-order valence-corrected chi connectivity index (χ0v) is 15.0. The van der Waals surface area contributed by atoms with Gasteiger partial charge in [-0.05, 0) is 13.3 Å². The minimum atomic E-state index is -0.741. The molecule has 1 N–H and O–H groups in total. The Labute approximate surface area is 155 Å². The molecule has 0 atom stereocenters. The van der Waals surface area contributed by atoms with Crippen LogP contribution in [0.1, 0.15) is 17.0 Å². The summed E-state index contributed by atoms with van der Waals surface area (Å²) >= 11 is 0. The number of nitrogens with one attached hydrogen (secondary N) is 1. The second-order valence-corrected chi connectivity index (χ2v) is 6.48. The molecule has 1 fully saturated rings. The maximum absolute atomic E-state index is 12.5. The summed E-state index contributed by atoms with van der Waals surface area (Å²) in [4.78, 5) is 37.1. The Morgan fingerprint density at radius 3 is 2.74 bits per heavy atom. The summed E-state index contributed by atoms with van der Waals surface area (Å²) in [6, 6.07) is 1.55. The first-order valence-corrected chi connectivity index (χ1v) is 8.81. The first kappa shape index (κ1) is 17.4. The van der Waals surface area contributed by atoms with E-state index in [1.807, 2.05) is 0 Å². The third kappa shape index (κ3) is 3.61. The SMILES string of the molecule is Cc1cc(NC(=O)C(=O)N2CCc3c(ncnc3N3CCOCC3)C2)no1. The minimum absolute atomic E-state index is 0.222. The fourth-order valence-corrected chi connectivity index (χ4v) is 3.30. The smallest absolute Gasteiger partial charge is 0.315 e. The molecule has 4 heterocycles. The molecule has 4 rings (SSSR count). The fourth-order valence-electron chi connectivity index (χ4n) is 3.30. The van der Waals surface area contributed by atoms with E-state index in [2.05, 4.69) is 25.3 Å². The summed E-state index contributed by atoms with van der Waals surface area (Å²) in [5.41, 5.74) is 1.81. The van der Waals surface area contributed by atoms with E-state index < -0.39 is 11.8 Å². The average Bonchev–Trinajstić information content (AvgIpc) is 3.11.